The fourth-order valence-corrected chi connectivity index (χ4v) is 3.40. The molecule has 0 saturated carbocycles. The molecule has 1 N–H and O–H groups in total. The van der Waals surface area contributed by atoms with Crippen LogP contribution in [-0.4, -0.2) is 42.1 Å². The number of nitrogens with zero attached hydrogens (tertiary/aromatic N) is 1. The smallest absolute Gasteiger partial charge is 0.254 e. The van der Waals surface area contributed by atoms with Crippen LogP contribution in [0.2, 0.25) is 0 Å². The average molecular weight is 390 g/mol. The van der Waals surface area contributed by atoms with Gasteiger partial charge in [0, 0.05) is 30.3 Å². The minimum atomic E-state index is -0.591. The first-order chi connectivity index (χ1) is 13.0. The van der Waals surface area contributed by atoms with Gasteiger partial charge in [0.15, 0.2) is 5.78 Å². The number of Topliss-reactive ketones (excluding diaryl/α,β-unsaturated/α-hetero) is 1. The zero-order valence-electron chi connectivity index (χ0n) is 17.5. The lowest BCUT2D eigenvalue weighted by atomic mass is 9.87. The molecule has 0 aliphatic carbocycles. The van der Waals surface area contributed by atoms with Crippen LogP contribution in [0.1, 0.15) is 69.3 Å². The molecular formula is C22H31FN2O3. The number of ketones is 1. The molecule has 6 heteroatoms. The summed E-state index contributed by atoms with van der Waals surface area (Å²) in [5.41, 5.74) is -0.0898. The predicted octanol–water partition coefficient (Wildman–Crippen LogP) is 3.53. The summed E-state index contributed by atoms with van der Waals surface area (Å²) in [6.45, 7) is 10.1. The molecule has 0 spiro atoms. The third-order valence-corrected chi connectivity index (χ3v) is 5.13. The fourth-order valence-electron chi connectivity index (χ4n) is 3.40. The molecule has 5 nitrogen and oxygen atoms in total. The lowest BCUT2D eigenvalue weighted by Crippen LogP contribution is -2.44. The van der Waals surface area contributed by atoms with Gasteiger partial charge >= 0.3 is 0 Å². The van der Waals surface area contributed by atoms with Crippen LogP contribution >= 0.6 is 0 Å². The molecule has 0 radical (unpaired) electrons. The van der Waals surface area contributed by atoms with E-state index < -0.39 is 17.1 Å². The van der Waals surface area contributed by atoms with Gasteiger partial charge in [0.25, 0.3) is 5.91 Å². The van der Waals surface area contributed by atoms with Crippen LogP contribution in [-0.2, 0) is 9.59 Å². The molecule has 1 aliphatic rings. The molecular weight excluding hydrogens is 359 g/mol. The number of carbonyl (C=O) groups is 3. The van der Waals surface area contributed by atoms with E-state index in [-0.39, 0.29) is 35.6 Å². The largest absolute Gasteiger partial charge is 0.345 e. The topological polar surface area (TPSA) is 66.5 Å². The number of rotatable bonds is 5. The summed E-state index contributed by atoms with van der Waals surface area (Å²) in [6, 6.07) is 4.76. The molecule has 1 aromatic rings. The van der Waals surface area contributed by atoms with E-state index in [1.807, 2.05) is 20.8 Å². The van der Waals surface area contributed by atoms with Crippen LogP contribution in [0.25, 0.3) is 0 Å². The highest BCUT2D eigenvalue weighted by Crippen LogP contribution is 2.32. The van der Waals surface area contributed by atoms with Crippen molar-refractivity contribution in [3.05, 3.63) is 35.1 Å². The van der Waals surface area contributed by atoms with Crippen LogP contribution in [0.3, 0.4) is 0 Å². The first-order valence-corrected chi connectivity index (χ1v) is 9.91. The predicted molar refractivity (Wildman–Crippen MR) is 107 cm³/mol. The minimum Gasteiger partial charge on any atom is -0.345 e. The second-order valence-electron chi connectivity index (χ2n) is 8.85. The Balaban J connectivity index is 2.16. The van der Waals surface area contributed by atoms with Crippen molar-refractivity contribution in [2.45, 2.75) is 53.4 Å². The average Bonchev–Trinajstić information content (AvgIpc) is 2.64. The Hall–Kier alpha value is -2.24. The van der Waals surface area contributed by atoms with Crippen molar-refractivity contribution in [3.63, 3.8) is 0 Å². The standard InChI is InChI=1S/C22H31FN2O3/c1-14(2)18(26)12-24-20(27)17-10-6-9-16(19(17)23)15-8-7-11-25(13-15)21(28)22(3,4)5/h6,9-10,14-15H,7-8,11-13H2,1-5H3,(H,24,27). The van der Waals surface area contributed by atoms with Crippen LogP contribution in [0.15, 0.2) is 18.2 Å². The summed E-state index contributed by atoms with van der Waals surface area (Å²) in [5.74, 6) is -1.54. The normalized spacial score (nSPS) is 17.5. The second kappa shape index (κ2) is 8.84. The second-order valence-corrected chi connectivity index (χ2v) is 8.85. The molecule has 1 unspecified atom stereocenters. The fraction of sp³-hybridized carbons (Fsp3) is 0.591. The third kappa shape index (κ3) is 5.18. The number of piperidine rings is 1. The molecule has 1 aliphatic heterocycles. The maximum Gasteiger partial charge on any atom is 0.254 e. The number of carbonyl (C=O) groups excluding carboxylic acids is 3. The molecule has 2 amide bonds. The molecule has 1 heterocycles. The number of nitrogens with one attached hydrogen (secondary N) is 1. The van der Waals surface area contributed by atoms with Crippen molar-refractivity contribution < 1.29 is 18.8 Å². The molecule has 154 valence electrons. The molecule has 1 fully saturated rings. The molecule has 0 aromatic heterocycles. The van der Waals surface area contributed by atoms with E-state index in [0.717, 1.165) is 12.8 Å². The first kappa shape index (κ1) is 22.1. The van der Waals surface area contributed by atoms with Gasteiger partial charge in [0.05, 0.1) is 12.1 Å². The van der Waals surface area contributed by atoms with Crippen molar-refractivity contribution in [1.82, 2.24) is 10.2 Å². The Labute approximate surface area is 166 Å². The summed E-state index contributed by atoms with van der Waals surface area (Å²) in [7, 11) is 0. The molecule has 28 heavy (non-hydrogen) atoms. The zero-order valence-corrected chi connectivity index (χ0v) is 17.5. The van der Waals surface area contributed by atoms with Crippen molar-refractivity contribution in [2.75, 3.05) is 19.6 Å². The van der Waals surface area contributed by atoms with Gasteiger partial charge < -0.3 is 10.2 Å². The highest BCUT2D eigenvalue weighted by atomic mass is 19.1. The number of benzene rings is 1. The summed E-state index contributed by atoms with van der Waals surface area (Å²) >= 11 is 0. The van der Waals surface area contributed by atoms with E-state index in [1.54, 1.807) is 30.9 Å². The first-order valence-electron chi connectivity index (χ1n) is 9.91. The van der Waals surface area contributed by atoms with E-state index in [4.69, 9.17) is 0 Å². The van der Waals surface area contributed by atoms with Crippen LogP contribution < -0.4 is 5.32 Å². The minimum absolute atomic E-state index is 0.0544. The van der Waals surface area contributed by atoms with Crippen molar-refractivity contribution in [2.24, 2.45) is 11.3 Å². The Morgan fingerprint density at radius 3 is 2.54 bits per heavy atom. The quantitative estimate of drug-likeness (QED) is 0.836. The summed E-state index contributed by atoms with van der Waals surface area (Å²) < 4.78 is 15.1. The molecule has 1 aromatic carbocycles. The van der Waals surface area contributed by atoms with E-state index in [1.165, 1.54) is 6.07 Å². The molecule has 1 atom stereocenters. The lowest BCUT2D eigenvalue weighted by Gasteiger charge is -2.36. The summed E-state index contributed by atoms with van der Waals surface area (Å²) in [6.07, 6.45) is 1.56. The summed E-state index contributed by atoms with van der Waals surface area (Å²) in [5, 5.41) is 2.50. The Morgan fingerprint density at radius 2 is 1.93 bits per heavy atom. The monoisotopic (exact) mass is 390 g/mol. The molecule has 0 bridgehead atoms. The third-order valence-electron chi connectivity index (χ3n) is 5.13. The Kier molecular flexibility index (Phi) is 6.96. The van der Waals surface area contributed by atoms with Gasteiger partial charge in [-0.25, -0.2) is 4.39 Å². The van der Waals surface area contributed by atoms with Crippen molar-refractivity contribution in [1.29, 1.82) is 0 Å². The highest BCUT2D eigenvalue weighted by molar-refractivity contribution is 5.97. The maximum absolute atomic E-state index is 15.1. The summed E-state index contributed by atoms with van der Waals surface area (Å²) in [4.78, 5) is 38.5. The number of halogens is 1. The lowest BCUT2D eigenvalue weighted by molar-refractivity contribution is -0.140. The SMILES string of the molecule is CC(C)C(=O)CNC(=O)c1cccc(C2CCCN(C(=O)C(C)(C)C)C2)c1F. The Morgan fingerprint density at radius 1 is 1.25 bits per heavy atom. The van der Waals surface area contributed by atoms with Gasteiger partial charge in [0.1, 0.15) is 5.82 Å². The van der Waals surface area contributed by atoms with Crippen LogP contribution in [0, 0.1) is 17.2 Å². The number of likely N-dealkylation sites (tertiary alicyclic amines) is 1. The van der Waals surface area contributed by atoms with Crippen LogP contribution in [0.5, 0.6) is 0 Å². The van der Waals surface area contributed by atoms with Gasteiger partial charge in [0.2, 0.25) is 5.91 Å². The van der Waals surface area contributed by atoms with Gasteiger partial charge in [-0.05, 0) is 24.5 Å². The van der Waals surface area contributed by atoms with E-state index in [0.29, 0.717) is 18.7 Å². The van der Waals surface area contributed by atoms with Crippen molar-refractivity contribution >= 4 is 17.6 Å². The van der Waals surface area contributed by atoms with E-state index >= 15 is 4.39 Å². The number of amides is 2. The molecule has 2 rings (SSSR count). The maximum atomic E-state index is 15.1. The van der Waals surface area contributed by atoms with E-state index in [9.17, 15) is 14.4 Å². The zero-order chi connectivity index (χ0) is 21.1. The van der Waals surface area contributed by atoms with Gasteiger partial charge in [-0.2, -0.15) is 0 Å². The van der Waals surface area contributed by atoms with Crippen molar-refractivity contribution in [3.8, 4) is 0 Å². The number of hydrogen-bond acceptors (Lipinski definition) is 3. The van der Waals surface area contributed by atoms with E-state index in [2.05, 4.69) is 5.32 Å². The molecule has 1 saturated heterocycles. The van der Waals surface area contributed by atoms with Crippen LogP contribution in [0.4, 0.5) is 4.39 Å². The van der Waals surface area contributed by atoms with Gasteiger partial charge in [-0.15, -0.1) is 0 Å². The highest BCUT2D eigenvalue weighted by Gasteiger charge is 2.32. The number of hydrogen-bond donors (Lipinski definition) is 1. The van der Waals surface area contributed by atoms with Gasteiger partial charge in [-0.3, -0.25) is 14.4 Å². The Bertz CT molecular complexity index is 753. The van der Waals surface area contributed by atoms with Gasteiger partial charge in [-0.1, -0.05) is 46.8 Å².